The number of hydrogen-bond acceptors (Lipinski definition) is 3. The summed E-state index contributed by atoms with van der Waals surface area (Å²) in [5.74, 6) is -1.85. The lowest BCUT2D eigenvalue weighted by atomic mass is 10.2. The third-order valence-electron chi connectivity index (χ3n) is 2.55. The maximum atomic E-state index is 13.7. The maximum absolute atomic E-state index is 13.7. The fraction of sp³-hybridized carbons (Fsp3) is 0.0714. The van der Waals surface area contributed by atoms with Gasteiger partial charge in [0, 0.05) is 0 Å². The summed E-state index contributed by atoms with van der Waals surface area (Å²) in [5, 5.41) is 0. The second kappa shape index (κ2) is 6.00. The van der Waals surface area contributed by atoms with Crippen LogP contribution in [-0.2, 0) is 0 Å². The van der Waals surface area contributed by atoms with Crippen molar-refractivity contribution in [2.24, 2.45) is 0 Å². The summed E-state index contributed by atoms with van der Waals surface area (Å²) in [6, 6.07) is 7.07. The quantitative estimate of drug-likeness (QED) is 0.775. The second-order valence-corrected chi connectivity index (χ2v) is 4.65. The molecule has 104 valence electrons. The number of hydrogen-bond donors (Lipinski definition) is 0. The van der Waals surface area contributed by atoms with Crippen molar-refractivity contribution in [2.75, 3.05) is 7.11 Å². The molecule has 0 saturated heterocycles. The molecule has 6 heteroatoms. The van der Waals surface area contributed by atoms with Gasteiger partial charge in [-0.2, -0.15) is 4.39 Å². The molecule has 0 bridgehead atoms. The molecule has 0 fully saturated rings. The minimum absolute atomic E-state index is 0.242. The highest BCUT2D eigenvalue weighted by Crippen LogP contribution is 2.33. The van der Waals surface area contributed by atoms with Gasteiger partial charge >= 0.3 is 0 Å². The molecule has 0 radical (unpaired) electrons. The zero-order chi connectivity index (χ0) is 14.7. The number of ether oxygens (including phenoxy) is 2. The van der Waals surface area contributed by atoms with Crippen molar-refractivity contribution in [1.82, 2.24) is 0 Å². The molecule has 0 aliphatic heterocycles. The van der Waals surface area contributed by atoms with Crippen molar-refractivity contribution >= 4 is 22.2 Å². The third kappa shape index (κ3) is 2.80. The van der Waals surface area contributed by atoms with Gasteiger partial charge in [0.25, 0.3) is 0 Å². The third-order valence-corrected chi connectivity index (χ3v) is 3.17. The fourth-order valence-corrected chi connectivity index (χ4v) is 2.07. The average molecular weight is 343 g/mol. The van der Waals surface area contributed by atoms with Crippen LogP contribution in [0.25, 0.3) is 0 Å². The minimum atomic E-state index is -1.23. The molecule has 0 amide bonds. The fourth-order valence-electron chi connectivity index (χ4n) is 1.55. The first-order chi connectivity index (χ1) is 9.56. The average Bonchev–Trinajstić information content (AvgIpc) is 2.44. The Morgan fingerprint density at radius 1 is 1.10 bits per heavy atom. The summed E-state index contributed by atoms with van der Waals surface area (Å²) in [4.78, 5) is 10.5. The van der Waals surface area contributed by atoms with Gasteiger partial charge in [-0.15, -0.1) is 0 Å². The van der Waals surface area contributed by atoms with Gasteiger partial charge in [0.2, 0.25) is 5.82 Å². The molecule has 2 aromatic rings. The highest BCUT2D eigenvalue weighted by molar-refractivity contribution is 9.10. The molecule has 20 heavy (non-hydrogen) atoms. The Morgan fingerprint density at radius 2 is 1.80 bits per heavy atom. The number of aldehydes is 1. The summed E-state index contributed by atoms with van der Waals surface area (Å²) in [7, 11) is 1.51. The zero-order valence-corrected chi connectivity index (χ0v) is 11.9. The highest BCUT2D eigenvalue weighted by Gasteiger charge is 2.15. The van der Waals surface area contributed by atoms with Gasteiger partial charge in [-0.25, -0.2) is 4.39 Å². The first-order valence-corrected chi connectivity index (χ1v) is 6.30. The van der Waals surface area contributed by atoms with Gasteiger partial charge in [-0.3, -0.25) is 4.79 Å². The van der Waals surface area contributed by atoms with Crippen LogP contribution < -0.4 is 9.47 Å². The van der Waals surface area contributed by atoms with Gasteiger partial charge in [0.15, 0.2) is 17.9 Å². The Labute approximate surface area is 122 Å². The number of carbonyl (C=O) groups excluding carboxylic acids is 1. The molecule has 0 aromatic heterocycles. The Balaban J connectivity index is 2.33. The van der Waals surface area contributed by atoms with E-state index in [1.54, 1.807) is 18.2 Å². The van der Waals surface area contributed by atoms with Gasteiger partial charge in [-0.05, 0) is 46.3 Å². The molecular formula is C14H9BrF2O3. The van der Waals surface area contributed by atoms with E-state index in [2.05, 4.69) is 15.9 Å². The number of halogens is 3. The van der Waals surface area contributed by atoms with Gasteiger partial charge in [0.1, 0.15) is 11.5 Å². The zero-order valence-electron chi connectivity index (χ0n) is 10.3. The molecule has 0 heterocycles. The van der Waals surface area contributed by atoms with E-state index in [9.17, 15) is 13.6 Å². The summed E-state index contributed by atoms with van der Waals surface area (Å²) in [5.41, 5.74) is -0.356. The molecule has 0 N–H and O–H groups in total. The van der Waals surface area contributed by atoms with Gasteiger partial charge in [-0.1, -0.05) is 0 Å². The van der Waals surface area contributed by atoms with Crippen molar-refractivity contribution in [2.45, 2.75) is 0 Å². The molecule has 0 unspecified atom stereocenters. The largest absolute Gasteiger partial charge is 0.496 e. The van der Waals surface area contributed by atoms with Crippen LogP contribution in [-0.4, -0.2) is 13.4 Å². The van der Waals surface area contributed by atoms with Crippen molar-refractivity contribution in [3.8, 4) is 17.2 Å². The Bertz CT molecular complexity index is 659. The predicted octanol–water partition coefficient (Wildman–Crippen LogP) is 4.34. The molecule has 2 rings (SSSR count). The summed E-state index contributed by atoms with van der Waals surface area (Å²) in [6.45, 7) is 0. The lowest BCUT2D eigenvalue weighted by molar-refractivity contribution is 0.111. The molecule has 2 aromatic carbocycles. The molecule has 0 saturated carbocycles. The molecule has 0 atom stereocenters. The van der Waals surface area contributed by atoms with Crippen LogP contribution in [0.2, 0.25) is 0 Å². The summed E-state index contributed by atoms with van der Waals surface area (Å²) in [6.07, 6.45) is 0.242. The minimum Gasteiger partial charge on any atom is -0.496 e. The van der Waals surface area contributed by atoms with Crippen molar-refractivity contribution < 1.29 is 23.0 Å². The van der Waals surface area contributed by atoms with Crippen LogP contribution in [0.1, 0.15) is 10.4 Å². The highest BCUT2D eigenvalue weighted by atomic mass is 79.9. The van der Waals surface area contributed by atoms with Gasteiger partial charge in [0.05, 0.1) is 17.1 Å². The van der Waals surface area contributed by atoms with E-state index in [-0.39, 0.29) is 17.6 Å². The molecular weight excluding hydrogens is 334 g/mol. The van der Waals surface area contributed by atoms with Crippen LogP contribution in [0.4, 0.5) is 8.78 Å². The van der Waals surface area contributed by atoms with E-state index in [4.69, 9.17) is 9.47 Å². The monoisotopic (exact) mass is 342 g/mol. The van der Waals surface area contributed by atoms with Crippen molar-refractivity contribution in [1.29, 1.82) is 0 Å². The first kappa shape index (κ1) is 14.5. The maximum Gasteiger partial charge on any atom is 0.202 e. The van der Waals surface area contributed by atoms with E-state index < -0.39 is 11.6 Å². The lowest BCUT2D eigenvalue weighted by Crippen LogP contribution is -1.96. The molecule has 0 spiro atoms. The smallest absolute Gasteiger partial charge is 0.202 e. The summed E-state index contributed by atoms with van der Waals surface area (Å²) >= 11 is 3.26. The van der Waals surface area contributed by atoms with Crippen molar-refractivity contribution in [3.63, 3.8) is 0 Å². The standard InChI is InChI=1S/C14H9BrF2O3/c1-19-11-5-3-9(6-10(11)15)20-12-4-2-8(7-18)13(16)14(12)17/h2-7H,1H3. The number of benzene rings is 2. The number of rotatable bonds is 4. The van der Waals surface area contributed by atoms with Crippen LogP contribution in [0, 0.1) is 11.6 Å². The van der Waals surface area contributed by atoms with Crippen LogP contribution in [0.15, 0.2) is 34.8 Å². The van der Waals surface area contributed by atoms with E-state index in [0.717, 1.165) is 6.07 Å². The Hall–Kier alpha value is -1.95. The molecule has 0 aliphatic rings. The van der Waals surface area contributed by atoms with E-state index >= 15 is 0 Å². The van der Waals surface area contributed by atoms with Gasteiger partial charge < -0.3 is 9.47 Å². The Morgan fingerprint density at radius 3 is 2.40 bits per heavy atom. The lowest BCUT2D eigenvalue weighted by Gasteiger charge is -2.10. The Kier molecular flexibility index (Phi) is 4.34. The van der Waals surface area contributed by atoms with E-state index in [1.807, 2.05) is 0 Å². The van der Waals surface area contributed by atoms with E-state index in [1.165, 1.54) is 13.2 Å². The van der Waals surface area contributed by atoms with Crippen LogP contribution in [0.5, 0.6) is 17.2 Å². The predicted molar refractivity (Wildman–Crippen MR) is 72.5 cm³/mol. The number of carbonyl (C=O) groups is 1. The molecule has 0 aliphatic carbocycles. The number of methoxy groups -OCH3 is 1. The van der Waals surface area contributed by atoms with Crippen LogP contribution >= 0.6 is 15.9 Å². The van der Waals surface area contributed by atoms with Crippen LogP contribution in [0.3, 0.4) is 0 Å². The summed E-state index contributed by atoms with van der Waals surface area (Å²) < 4.78 is 38.0. The van der Waals surface area contributed by atoms with E-state index in [0.29, 0.717) is 16.0 Å². The first-order valence-electron chi connectivity index (χ1n) is 5.51. The van der Waals surface area contributed by atoms with Crippen molar-refractivity contribution in [3.05, 3.63) is 52.0 Å². The SMILES string of the molecule is COc1ccc(Oc2ccc(C=O)c(F)c2F)cc1Br. The normalized spacial score (nSPS) is 10.2. The second-order valence-electron chi connectivity index (χ2n) is 3.80. The molecule has 3 nitrogen and oxygen atoms in total. The topological polar surface area (TPSA) is 35.5 Å².